The van der Waals surface area contributed by atoms with E-state index in [-0.39, 0.29) is 28.0 Å². The predicted molar refractivity (Wildman–Crippen MR) is 79.2 cm³/mol. The number of carbonyl (C=O) groups is 3. The van der Waals surface area contributed by atoms with E-state index in [1.54, 1.807) is 18.2 Å². The Labute approximate surface area is 126 Å². The van der Waals surface area contributed by atoms with Crippen molar-refractivity contribution >= 4 is 34.2 Å². The molecular formula is C16H13ClO4. The van der Waals surface area contributed by atoms with E-state index >= 15 is 0 Å². The molecule has 0 atom stereocenters. The lowest BCUT2D eigenvalue weighted by atomic mass is 9.87. The number of Topliss-reactive ketones (excluding diaryl/α,β-unsaturated/α-hetero) is 2. The van der Waals surface area contributed by atoms with Gasteiger partial charge in [0, 0.05) is 16.7 Å². The maximum atomic E-state index is 12.1. The third kappa shape index (κ3) is 2.81. The van der Waals surface area contributed by atoms with Gasteiger partial charge in [0.2, 0.25) is 16.8 Å². The first-order valence-electron chi connectivity index (χ1n) is 6.49. The Kier molecular flexibility index (Phi) is 4.38. The van der Waals surface area contributed by atoms with E-state index in [1.807, 2.05) is 6.92 Å². The molecule has 4 nitrogen and oxygen atoms in total. The lowest BCUT2D eigenvalue weighted by molar-refractivity contribution is -0.111. The summed E-state index contributed by atoms with van der Waals surface area (Å²) in [7, 11) is 0. The number of halogens is 1. The standard InChI is InChI=1S/C16H13ClO4/c1-2-5-9(16(17)21)8-12-13(18)10-6-3-4-7-11(10)14(19)15(12)20/h3-4,6-8,18H,2,5H2,1H3. The van der Waals surface area contributed by atoms with Crippen LogP contribution in [0.4, 0.5) is 0 Å². The van der Waals surface area contributed by atoms with Gasteiger partial charge in [-0.05, 0) is 24.1 Å². The van der Waals surface area contributed by atoms with Gasteiger partial charge >= 0.3 is 0 Å². The molecule has 1 aliphatic rings. The van der Waals surface area contributed by atoms with Crippen LogP contribution in [0.15, 0.2) is 41.5 Å². The van der Waals surface area contributed by atoms with Crippen LogP contribution in [0.3, 0.4) is 0 Å². The summed E-state index contributed by atoms with van der Waals surface area (Å²) in [6.07, 6.45) is 2.23. The zero-order chi connectivity index (χ0) is 15.6. The van der Waals surface area contributed by atoms with Crippen LogP contribution >= 0.6 is 11.6 Å². The van der Waals surface area contributed by atoms with Crippen LogP contribution in [0.5, 0.6) is 0 Å². The quantitative estimate of drug-likeness (QED) is 0.527. The zero-order valence-corrected chi connectivity index (χ0v) is 12.1. The van der Waals surface area contributed by atoms with Crippen LogP contribution in [0, 0.1) is 0 Å². The van der Waals surface area contributed by atoms with Crippen molar-refractivity contribution in [2.45, 2.75) is 19.8 Å². The van der Waals surface area contributed by atoms with E-state index in [2.05, 4.69) is 0 Å². The van der Waals surface area contributed by atoms with Crippen molar-refractivity contribution in [1.82, 2.24) is 0 Å². The minimum absolute atomic E-state index is 0.159. The van der Waals surface area contributed by atoms with Crippen LogP contribution in [0.25, 0.3) is 5.76 Å². The minimum atomic E-state index is -0.835. The number of benzene rings is 1. The summed E-state index contributed by atoms with van der Waals surface area (Å²) >= 11 is 5.47. The van der Waals surface area contributed by atoms with Crippen LogP contribution in [-0.4, -0.2) is 21.9 Å². The summed E-state index contributed by atoms with van der Waals surface area (Å²) in [5.41, 5.74) is 0.454. The first-order chi connectivity index (χ1) is 9.97. The first-order valence-corrected chi connectivity index (χ1v) is 6.87. The van der Waals surface area contributed by atoms with Gasteiger partial charge in [-0.3, -0.25) is 14.4 Å². The Bertz CT molecular complexity index is 698. The van der Waals surface area contributed by atoms with Gasteiger partial charge in [-0.15, -0.1) is 0 Å². The van der Waals surface area contributed by atoms with Crippen molar-refractivity contribution in [3.05, 3.63) is 52.6 Å². The molecule has 1 aromatic rings. The number of carbonyl (C=O) groups excluding carboxylic acids is 3. The normalized spacial score (nSPS) is 15.2. The average Bonchev–Trinajstić information content (AvgIpc) is 2.48. The number of hydrogen-bond acceptors (Lipinski definition) is 4. The summed E-state index contributed by atoms with van der Waals surface area (Å²) < 4.78 is 0. The average molecular weight is 305 g/mol. The Balaban J connectivity index is 2.62. The second-order valence-corrected chi connectivity index (χ2v) is 5.00. The summed E-state index contributed by atoms with van der Waals surface area (Å²) in [5.74, 6) is -1.84. The molecule has 0 aromatic heterocycles. The fourth-order valence-corrected chi connectivity index (χ4v) is 2.34. The van der Waals surface area contributed by atoms with E-state index in [4.69, 9.17) is 11.6 Å². The molecular weight excluding hydrogens is 292 g/mol. The number of aliphatic hydroxyl groups excluding tert-OH is 1. The van der Waals surface area contributed by atoms with Crippen LogP contribution in [0.2, 0.25) is 0 Å². The smallest absolute Gasteiger partial charge is 0.248 e. The molecule has 0 aliphatic heterocycles. The van der Waals surface area contributed by atoms with Crippen molar-refractivity contribution in [2.24, 2.45) is 0 Å². The highest BCUT2D eigenvalue weighted by atomic mass is 35.5. The summed E-state index contributed by atoms with van der Waals surface area (Å²) in [6, 6.07) is 6.29. The largest absolute Gasteiger partial charge is 0.507 e. The molecule has 0 unspecified atom stereocenters. The fraction of sp³-hybridized carbons (Fsp3) is 0.188. The summed E-state index contributed by atoms with van der Waals surface area (Å²) in [6.45, 7) is 1.85. The SMILES string of the molecule is CCCC(=CC1=C(O)c2ccccc2C(=O)C1=O)C(=O)Cl. The molecule has 1 aromatic carbocycles. The number of rotatable bonds is 4. The molecule has 1 aliphatic carbocycles. The molecule has 0 spiro atoms. The number of allylic oxidation sites excluding steroid dienone is 3. The third-order valence-corrected chi connectivity index (χ3v) is 3.47. The Morgan fingerprint density at radius 1 is 1.19 bits per heavy atom. The van der Waals surface area contributed by atoms with Gasteiger partial charge < -0.3 is 5.11 Å². The zero-order valence-electron chi connectivity index (χ0n) is 11.4. The van der Waals surface area contributed by atoms with E-state index in [9.17, 15) is 19.5 Å². The fourth-order valence-electron chi connectivity index (χ4n) is 2.19. The third-order valence-electron chi connectivity index (χ3n) is 3.22. The monoisotopic (exact) mass is 304 g/mol. The topological polar surface area (TPSA) is 71.4 Å². The van der Waals surface area contributed by atoms with Gasteiger partial charge in [-0.25, -0.2) is 0 Å². The van der Waals surface area contributed by atoms with Crippen LogP contribution < -0.4 is 0 Å². The van der Waals surface area contributed by atoms with Gasteiger partial charge in [0.1, 0.15) is 5.76 Å². The van der Waals surface area contributed by atoms with Gasteiger partial charge in [-0.1, -0.05) is 37.6 Å². The molecule has 0 amide bonds. The van der Waals surface area contributed by atoms with Crippen LogP contribution in [-0.2, 0) is 9.59 Å². The molecule has 0 heterocycles. The van der Waals surface area contributed by atoms with Gasteiger partial charge in [0.15, 0.2) is 0 Å². The van der Waals surface area contributed by atoms with Crippen molar-refractivity contribution < 1.29 is 19.5 Å². The number of hydrogen-bond donors (Lipinski definition) is 1. The van der Waals surface area contributed by atoms with Gasteiger partial charge in [0.05, 0.1) is 5.57 Å². The summed E-state index contributed by atoms with van der Waals surface area (Å²) in [5, 5.41) is 9.52. The molecule has 0 saturated carbocycles. The van der Waals surface area contributed by atoms with E-state index in [0.717, 1.165) is 0 Å². The Morgan fingerprint density at radius 3 is 2.38 bits per heavy atom. The molecule has 0 bridgehead atoms. The maximum absolute atomic E-state index is 12.1. The van der Waals surface area contributed by atoms with E-state index < -0.39 is 16.8 Å². The van der Waals surface area contributed by atoms with Crippen molar-refractivity contribution in [3.8, 4) is 0 Å². The van der Waals surface area contributed by atoms with Gasteiger partial charge in [-0.2, -0.15) is 0 Å². The molecule has 5 heteroatoms. The Morgan fingerprint density at radius 2 is 1.81 bits per heavy atom. The molecule has 108 valence electrons. The molecule has 21 heavy (non-hydrogen) atoms. The molecule has 0 saturated heterocycles. The van der Waals surface area contributed by atoms with Crippen molar-refractivity contribution in [3.63, 3.8) is 0 Å². The second-order valence-electron chi connectivity index (χ2n) is 4.66. The summed E-state index contributed by atoms with van der Waals surface area (Å²) in [4.78, 5) is 35.5. The highest BCUT2D eigenvalue weighted by molar-refractivity contribution is 6.67. The Hall–Kier alpha value is -2.20. The van der Waals surface area contributed by atoms with Gasteiger partial charge in [0.25, 0.3) is 0 Å². The highest BCUT2D eigenvalue weighted by Gasteiger charge is 2.31. The van der Waals surface area contributed by atoms with Crippen molar-refractivity contribution in [1.29, 1.82) is 0 Å². The predicted octanol–water partition coefficient (Wildman–Crippen LogP) is 3.21. The lowest BCUT2D eigenvalue weighted by Gasteiger charge is -2.16. The number of ketones is 2. The number of aliphatic hydroxyl groups is 1. The maximum Gasteiger partial charge on any atom is 0.248 e. The molecule has 2 rings (SSSR count). The van der Waals surface area contributed by atoms with Crippen LogP contribution in [0.1, 0.15) is 35.7 Å². The highest BCUT2D eigenvalue weighted by Crippen LogP contribution is 2.29. The second kappa shape index (κ2) is 6.06. The lowest BCUT2D eigenvalue weighted by Crippen LogP contribution is -2.23. The van der Waals surface area contributed by atoms with E-state index in [1.165, 1.54) is 12.1 Å². The minimum Gasteiger partial charge on any atom is -0.507 e. The number of fused-ring (bicyclic) bond motifs is 1. The molecule has 1 N–H and O–H groups in total. The molecule has 0 radical (unpaired) electrons. The van der Waals surface area contributed by atoms with E-state index in [0.29, 0.717) is 12.8 Å². The van der Waals surface area contributed by atoms with Crippen molar-refractivity contribution in [2.75, 3.05) is 0 Å². The first kappa shape index (κ1) is 15.2. The molecule has 0 fully saturated rings.